The standard InChI is InChI=1S/C33H43N7O6/c1-5-7-8-13-25(28(41)29(34)42)37-31(44)26-17-23(40-27(18-35-38-40)33(3,4)46)19-39(26)32(45)24(6-2)36-30(43)22-15-14-20-11-9-10-12-21(20)16-22/h9-12,14-16,18,23-26,46H,5-8,13,17,19H2,1-4H3,(H2,34,42)(H,36,43)(H,37,44)/t23-,24+,25?,26-/m0/s1. The minimum Gasteiger partial charge on any atom is -0.384 e. The highest BCUT2D eigenvalue weighted by atomic mass is 16.3. The quantitative estimate of drug-likeness (QED) is 0.153. The normalized spacial score (nSPS) is 17.8. The number of rotatable bonds is 14. The first-order valence-corrected chi connectivity index (χ1v) is 15.7. The molecule has 4 rings (SSSR count). The second-order valence-corrected chi connectivity index (χ2v) is 12.3. The Morgan fingerprint density at radius 3 is 2.39 bits per heavy atom. The second kappa shape index (κ2) is 14.6. The lowest BCUT2D eigenvalue weighted by Gasteiger charge is -2.29. The number of hydrogen-bond acceptors (Lipinski definition) is 8. The minimum absolute atomic E-state index is 0.0238. The van der Waals surface area contributed by atoms with Crippen molar-refractivity contribution in [3.63, 3.8) is 0 Å². The second-order valence-electron chi connectivity index (χ2n) is 12.3. The Morgan fingerprint density at radius 1 is 1.02 bits per heavy atom. The van der Waals surface area contributed by atoms with Crippen molar-refractivity contribution in [2.45, 2.75) is 96.0 Å². The van der Waals surface area contributed by atoms with Gasteiger partial charge in [-0.15, -0.1) is 5.10 Å². The highest BCUT2D eigenvalue weighted by Crippen LogP contribution is 2.32. The van der Waals surface area contributed by atoms with E-state index in [1.165, 1.54) is 15.8 Å². The van der Waals surface area contributed by atoms with Gasteiger partial charge in [0.2, 0.25) is 17.6 Å². The number of likely N-dealkylation sites (tertiary alicyclic amines) is 1. The van der Waals surface area contributed by atoms with Crippen LogP contribution in [0.4, 0.5) is 0 Å². The molecule has 0 spiro atoms. The summed E-state index contributed by atoms with van der Waals surface area (Å²) in [7, 11) is 0. The summed E-state index contributed by atoms with van der Waals surface area (Å²) < 4.78 is 1.50. The van der Waals surface area contributed by atoms with Crippen LogP contribution in [0.1, 0.15) is 88.3 Å². The highest BCUT2D eigenvalue weighted by molar-refractivity contribution is 6.37. The minimum atomic E-state index is -1.31. The van der Waals surface area contributed by atoms with E-state index in [1.54, 1.807) is 32.9 Å². The number of ketones is 1. The molecule has 1 aromatic heterocycles. The number of carbonyl (C=O) groups excluding carboxylic acids is 5. The zero-order valence-corrected chi connectivity index (χ0v) is 26.7. The van der Waals surface area contributed by atoms with Gasteiger partial charge in [0, 0.05) is 18.5 Å². The lowest BCUT2D eigenvalue weighted by Crippen LogP contribution is -2.56. The van der Waals surface area contributed by atoms with Gasteiger partial charge in [-0.3, -0.25) is 24.0 Å². The number of nitrogens with one attached hydrogen (secondary N) is 2. The lowest BCUT2D eigenvalue weighted by atomic mass is 10.0. The van der Waals surface area contributed by atoms with Crippen LogP contribution in [0.5, 0.6) is 0 Å². The van der Waals surface area contributed by atoms with E-state index >= 15 is 0 Å². The van der Waals surface area contributed by atoms with Gasteiger partial charge in [0.25, 0.3) is 11.8 Å². The molecule has 2 heterocycles. The summed E-state index contributed by atoms with van der Waals surface area (Å²) in [6.45, 7) is 6.92. The molecule has 2 aromatic carbocycles. The molecular weight excluding hydrogens is 590 g/mol. The fraction of sp³-hybridized carbons (Fsp3) is 0.485. The van der Waals surface area contributed by atoms with E-state index in [1.807, 2.05) is 37.3 Å². The zero-order valence-electron chi connectivity index (χ0n) is 26.7. The summed E-state index contributed by atoms with van der Waals surface area (Å²) in [5.74, 6) is -3.63. The molecule has 0 radical (unpaired) electrons. The molecule has 1 aliphatic heterocycles. The van der Waals surface area contributed by atoms with E-state index in [9.17, 15) is 29.1 Å². The molecule has 1 saturated heterocycles. The predicted octanol–water partition coefficient (Wildman–Crippen LogP) is 2.13. The van der Waals surface area contributed by atoms with Crippen LogP contribution in [0.15, 0.2) is 48.7 Å². The van der Waals surface area contributed by atoms with Crippen LogP contribution in [0.25, 0.3) is 10.8 Å². The van der Waals surface area contributed by atoms with E-state index in [-0.39, 0.29) is 25.8 Å². The summed E-state index contributed by atoms with van der Waals surface area (Å²) in [4.78, 5) is 67.0. The molecule has 1 aliphatic rings. The van der Waals surface area contributed by atoms with Gasteiger partial charge in [0.1, 0.15) is 17.7 Å². The SMILES string of the molecule is CCCCCC(NC(=O)[C@@H]1C[C@H](n2nncc2C(C)(C)O)CN1C(=O)[C@@H](CC)NC(=O)c1ccc2ccccc2c1)C(=O)C(N)=O. The average Bonchev–Trinajstić information content (AvgIpc) is 3.70. The summed E-state index contributed by atoms with van der Waals surface area (Å²) >= 11 is 0. The lowest BCUT2D eigenvalue weighted by molar-refractivity contribution is -0.142. The van der Waals surface area contributed by atoms with Crippen LogP contribution in [0, 0.1) is 0 Å². The number of Topliss-reactive ketones (excluding diaryl/α,β-unsaturated/α-hetero) is 1. The monoisotopic (exact) mass is 633 g/mol. The maximum absolute atomic E-state index is 14.1. The largest absolute Gasteiger partial charge is 0.384 e. The molecule has 5 N–H and O–H groups in total. The average molecular weight is 634 g/mol. The number of nitrogens with zero attached hydrogens (tertiary/aromatic N) is 4. The third kappa shape index (κ3) is 7.76. The van der Waals surface area contributed by atoms with Crippen molar-refractivity contribution in [3.05, 3.63) is 59.9 Å². The van der Waals surface area contributed by atoms with Crippen LogP contribution >= 0.6 is 0 Å². The van der Waals surface area contributed by atoms with Crippen LogP contribution < -0.4 is 16.4 Å². The number of aromatic nitrogens is 3. The van der Waals surface area contributed by atoms with Gasteiger partial charge >= 0.3 is 0 Å². The first-order valence-electron chi connectivity index (χ1n) is 15.7. The van der Waals surface area contributed by atoms with E-state index in [0.717, 1.165) is 23.6 Å². The maximum Gasteiger partial charge on any atom is 0.287 e. The van der Waals surface area contributed by atoms with E-state index in [2.05, 4.69) is 20.9 Å². The van der Waals surface area contributed by atoms with E-state index in [0.29, 0.717) is 17.7 Å². The molecular formula is C33H43N7O6. The Hall–Kier alpha value is -4.65. The number of unbranched alkanes of at least 4 members (excludes halogenated alkanes) is 2. The molecule has 0 saturated carbocycles. The fourth-order valence-electron chi connectivity index (χ4n) is 5.85. The van der Waals surface area contributed by atoms with E-state index < -0.39 is 59.2 Å². The number of nitrogens with two attached hydrogens (primary N) is 1. The van der Waals surface area contributed by atoms with E-state index in [4.69, 9.17) is 5.73 Å². The van der Waals surface area contributed by atoms with Crippen molar-refractivity contribution < 1.29 is 29.1 Å². The molecule has 4 amide bonds. The molecule has 46 heavy (non-hydrogen) atoms. The first-order chi connectivity index (χ1) is 21.8. The summed E-state index contributed by atoms with van der Waals surface area (Å²) in [6.07, 6.45) is 4.21. The number of hydrogen-bond donors (Lipinski definition) is 4. The number of benzene rings is 2. The number of aliphatic hydroxyl groups is 1. The van der Waals surface area contributed by atoms with Crippen LogP contribution in [0.3, 0.4) is 0 Å². The maximum atomic E-state index is 14.1. The molecule has 1 fully saturated rings. The topological polar surface area (TPSA) is 190 Å². The summed E-state index contributed by atoms with van der Waals surface area (Å²) in [6, 6.07) is 9.16. The van der Waals surface area contributed by atoms with Gasteiger partial charge in [0.05, 0.1) is 24.0 Å². The molecule has 0 aliphatic carbocycles. The van der Waals surface area contributed by atoms with Gasteiger partial charge in [-0.05, 0) is 49.6 Å². The Morgan fingerprint density at radius 2 is 1.74 bits per heavy atom. The van der Waals surface area contributed by atoms with Gasteiger partial charge in [-0.1, -0.05) is 68.7 Å². The van der Waals surface area contributed by atoms with Gasteiger partial charge in [0.15, 0.2) is 0 Å². The predicted molar refractivity (Wildman–Crippen MR) is 170 cm³/mol. The summed E-state index contributed by atoms with van der Waals surface area (Å²) in [5.41, 5.74) is 4.75. The number of amides is 4. The van der Waals surface area contributed by atoms with Gasteiger partial charge in [-0.2, -0.15) is 0 Å². The van der Waals surface area contributed by atoms with Crippen LogP contribution in [-0.4, -0.2) is 79.1 Å². The molecule has 1 unspecified atom stereocenters. The number of primary amides is 1. The molecule has 4 atom stereocenters. The third-order valence-corrected chi connectivity index (χ3v) is 8.41. The Labute approximate surface area is 267 Å². The zero-order chi connectivity index (χ0) is 33.6. The highest BCUT2D eigenvalue weighted by Gasteiger charge is 2.45. The molecule has 13 nitrogen and oxygen atoms in total. The van der Waals surface area contributed by atoms with Gasteiger partial charge in [-0.25, -0.2) is 4.68 Å². The summed E-state index contributed by atoms with van der Waals surface area (Å²) in [5, 5.41) is 26.2. The van der Waals surface area contributed by atoms with Crippen molar-refractivity contribution in [2.24, 2.45) is 5.73 Å². The van der Waals surface area contributed by atoms with Gasteiger partial charge < -0.3 is 26.4 Å². The fourth-order valence-corrected chi connectivity index (χ4v) is 5.85. The number of fused-ring (bicyclic) bond motifs is 1. The van der Waals surface area contributed by atoms with Crippen molar-refractivity contribution in [3.8, 4) is 0 Å². The van der Waals surface area contributed by atoms with Crippen molar-refractivity contribution in [1.82, 2.24) is 30.5 Å². The van der Waals surface area contributed by atoms with Crippen LogP contribution in [-0.2, 0) is 24.8 Å². The van der Waals surface area contributed by atoms with Crippen molar-refractivity contribution in [2.75, 3.05) is 6.54 Å². The molecule has 0 bridgehead atoms. The smallest absolute Gasteiger partial charge is 0.287 e. The molecule has 13 heteroatoms. The number of carbonyl (C=O) groups is 5. The molecule has 246 valence electrons. The Balaban J connectivity index is 1.61. The molecule has 3 aromatic rings. The first kappa shape index (κ1) is 34.2. The van der Waals surface area contributed by atoms with Crippen molar-refractivity contribution in [1.29, 1.82) is 0 Å². The van der Waals surface area contributed by atoms with Crippen LogP contribution in [0.2, 0.25) is 0 Å². The van der Waals surface area contributed by atoms with Crippen molar-refractivity contribution >= 4 is 40.2 Å². The third-order valence-electron chi connectivity index (χ3n) is 8.41. The Kier molecular flexibility index (Phi) is 10.9. The Bertz CT molecular complexity index is 1600.